The molecule has 0 aliphatic rings. The molecule has 1 atom stereocenters. The van der Waals surface area contributed by atoms with Crippen LogP contribution in [0.4, 0.5) is 0 Å². The number of carbonyl (C=O) groups is 2. The van der Waals surface area contributed by atoms with Gasteiger partial charge in [-0.3, -0.25) is 9.59 Å². The molecule has 0 fully saturated rings. The molecule has 3 aromatic rings. The second-order valence-electron chi connectivity index (χ2n) is 5.97. The molecular weight excluding hydrogens is 314 g/mol. The molecule has 1 aromatic heterocycles. The fourth-order valence-corrected chi connectivity index (χ4v) is 2.82. The van der Waals surface area contributed by atoms with Gasteiger partial charge in [-0.2, -0.15) is 0 Å². The van der Waals surface area contributed by atoms with Crippen LogP contribution in [0.25, 0.3) is 10.9 Å². The van der Waals surface area contributed by atoms with Gasteiger partial charge in [0.2, 0.25) is 0 Å². The molecule has 0 aliphatic carbocycles. The molecule has 0 bridgehead atoms. The maximum absolute atomic E-state index is 12.0. The predicted molar refractivity (Wildman–Crippen MR) is 98.0 cm³/mol. The number of benzene rings is 2. The van der Waals surface area contributed by atoms with Crippen molar-refractivity contribution in [1.29, 1.82) is 0 Å². The van der Waals surface area contributed by atoms with Crippen molar-refractivity contribution in [3.63, 3.8) is 0 Å². The monoisotopic (exact) mass is 335 g/mol. The van der Waals surface area contributed by atoms with Crippen LogP contribution in [0, 0.1) is 0 Å². The van der Waals surface area contributed by atoms with Crippen molar-refractivity contribution in [1.82, 2.24) is 15.6 Å². The highest BCUT2D eigenvalue weighted by atomic mass is 16.2. The number of para-hydroxylation sites is 1. The zero-order valence-corrected chi connectivity index (χ0v) is 14.1. The third kappa shape index (κ3) is 4.07. The van der Waals surface area contributed by atoms with E-state index in [9.17, 15) is 9.59 Å². The van der Waals surface area contributed by atoms with Gasteiger partial charge in [0, 0.05) is 23.6 Å². The van der Waals surface area contributed by atoms with Crippen molar-refractivity contribution in [2.75, 3.05) is 6.54 Å². The summed E-state index contributed by atoms with van der Waals surface area (Å²) in [5.74, 6) is -1.22. The molecule has 25 heavy (non-hydrogen) atoms. The number of H-pyrrole nitrogens is 1. The van der Waals surface area contributed by atoms with Crippen molar-refractivity contribution >= 4 is 22.7 Å². The molecule has 0 unspecified atom stereocenters. The first-order chi connectivity index (χ1) is 12.1. The predicted octanol–water partition coefficient (Wildman–Crippen LogP) is 2.70. The molecule has 1 heterocycles. The lowest BCUT2D eigenvalue weighted by atomic mass is 10.1. The summed E-state index contributed by atoms with van der Waals surface area (Å²) in [5, 5.41) is 6.53. The van der Waals surface area contributed by atoms with E-state index in [0.717, 1.165) is 22.0 Å². The molecule has 0 aliphatic heterocycles. The molecular formula is C20H21N3O2. The lowest BCUT2D eigenvalue weighted by molar-refractivity contribution is -0.139. The normalized spacial score (nSPS) is 11.9. The van der Waals surface area contributed by atoms with E-state index in [0.29, 0.717) is 13.0 Å². The summed E-state index contributed by atoms with van der Waals surface area (Å²) in [6.45, 7) is 2.26. The fraction of sp³-hybridized carbons (Fsp3) is 0.200. The zero-order chi connectivity index (χ0) is 17.6. The Balaban J connectivity index is 1.49. The van der Waals surface area contributed by atoms with Crippen LogP contribution in [0.2, 0.25) is 0 Å². The van der Waals surface area contributed by atoms with Gasteiger partial charge in [-0.05, 0) is 30.5 Å². The average Bonchev–Trinajstić information content (AvgIpc) is 3.05. The van der Waals surface area contributed by atoms with Crippen LogP contribution in [0.15, 0.2) is 60.8 Å². The van der Waals surface area contributed by atoms with E-state index in [-0.39, 0.29) is 6.04 Å². The van der Waals surface area contributed by atoms with Crippen LogP contribution >= 0.6 is 0 Å². The summed E-state index contributed by atoms with van der Waals surface area (Å²) >= 11 is 0. The highest BCUT2D eigenvalue weighted by molar-refractivity contribution is 6.35. The number of hydrogen-bond donors (Lipinski definition) is 3. The average molecular weight is 335 g/mol. The molecule has 5 heteroatoms. The topological polar surface area (TPSA) is 74.0 Å². The van der Waals surface area contributed by atoms with Crippen LogP contribution in [-0.4, -0.2) is 23.3 Å². The van der Waals surface area contributed by atoms with Gasteiger partial charge in [-0.25, -0.2) is 0 Å². The Morgan fingerprint density at radius 1 is 1.00 bits per heavy atom. The first-order valence-electron chi connectivity index (χ1n) is 8.34. The summed E-state index contributed by atoms with van der Waals surface area (Å²) in [5.41, 5.74) is 3.15. The van der Waals surface area contributed by atoms with Crippen molar-refractivity contribution < 1.29 is 9.59 Å². The minimum Gasteiger partial charge on any atom is -0.361 e. The minimum absolute atomic E-state index is 0.215. The van der Waals surface area contributed by atoms with Crippen LogP contribution < -0.4 is 10.6 Å². The first-order valence-corrected chi connectivity index (χ1v) is 8.34. The van der Waals surface area contributed by atoms with E-state index >= 15 is 0 Å². The summed E-state index contributed by atoms with van der Waals surface area (Å²) in [6, 6.07) is 17.3. The Hall–Kier alpha value is -3.08. The van der Waals surface area contributed by atoms with E-state index in [4.69, 9.17) is 0 Å². The van der Waals surface area contributed by atoms with Gasteiger partial charge in [-0.1, -0.05) is 48.5 Å². The lowest BCUT2D eigenvalue weighted by Crippen LogP contribution is -2.41. The summed E-state index contributed by atoms with van der Waals surface area (Å²) in [6.07, 6.45) is 2.60. The SMILES string of the molecule is C[C@H](NC(=O)C(=O)NCCc1c[nH]c2ccccc12)c1ccccc1. The van der Waals surface area contributed by atoms with Crippen LogP contribution in [-0.2, 0) is 16.0 Å². The zero-order valence-electron chi connectivity index (χ0n) is 14.1. The fourth-order valence-electron chi connectivity index (χ4n) is 2.82. The van der Waals surface area contributed by atoms with Crippen molar-refractivity contribution in [3.05, 3.63) is 71.9 Å². The molecule has 0 spiro atoms. The van der Waals surface area contributed by atoms with E-state index in [2.05, 4.69) is 15.6 Å². The molecule has 3 rings (SSSR count). The summed E-state index contributed by atoms with van der Waals surface area (Å²) in [4.78, 5) is 27.2. The van der Waals surface area contributed by atoms with Crippen LogP contribution in [0.5, 0.6) is 0 Å². The number of amides is 2. The van der Waals surface area contributed by atoms with E-state index in [1.54, 1.807) is 0 Å². The maximum Gasteiger partial charge on any atom is 0.309 e. The van der Waals surface area contributed by atoms with E-state index in [1.165, 1.54) is 0 Å². The van der Waals surface area contributed by atoms with Gasteiger partial charge in [0.1, 0.15) is 0 Å². The van der Waals surface area contributed by atoms with Gasteiger partial charge in [0.05, 0.1) is 6.04 Å². The first kappa shape index (κ1) is 16.8. The Labute approximate surface area is 146 Å². The molecule has 0 saturated heterocycles. The van der Waals surface area contributed by atoms with Crippen LogP contribution in [0.3, 0.4) is 0 Å². The number of aromatic amines is 1. The van der Waals surface area contributed by atoms with Gasteiger partial charge in [0.25, 0.3) is 0 Å². The summed E-state index contributed by atoms with van der Waals surface area (Å²) in [7, 11) is 0. The second-order valence-corrected chi connectivity index (χ2v) is 5.97. The van der Waals surface area contributed by atoms with Crippen molar-refractivity contribution in [2.45, 2.75) is 19.4 Å². The quantitative estimate of drug-likeness (QED) is 0.627. The van der Waals surface area contributed by atoms with Gasteiger partial charge >= 0.3 is 11.8 Å². The minimum atomic E-state index is -0.615. The molecule has 2 aromatic carbocycles. The summed E-state index contributed by atoms with van der Waals surface area (Å²) < 4.78 is 0. The third-order valence-corrected chi connectivity index (χ3v) is 4.21. The Bertz CT molecular complexity index is 871. The number of hydrogen-bond acceptors (Lipinski definition) is 2. The Kier molecular flexibility index (Phi) is 5.14. The molecule has 3 N–H and O–H groups in total. The second kappa shape index (κ2) is 7.66. The van der Waals surface area contributed by atoms with Crippen LogP contribution in [0.1, 0.15) is 24.1 Å². The van der Waals surface area contributed by atoms with Crippen molar-refractivity contribution in [3.8, 4) is 0 Å². The third-order valence-electron chi connectivity index (χ3n) is 4.21. The highest BCUT2D eigenvalue weighted by Crippen LogP contribution is 2.17. The number of rotatable bonds is 5. The highest BCUT2D eigenvalue weighted by Gasteiger charge is 2.16. The number of carbonyl (C=O) groups excluding carboxylic acids is 2. The van der Waals surface area contributed by atoms with E-state index < -0.39 is 11.8 Å². The van der Waals surface area contributed by atoms with Crippen molar-refractivity contribution in [2.24, 2.45) is 0 Å². The Morgan fingerprint density at radius 2 is 1.72 bits per heavy atom. The molecule has 5 nitrogen and oxygen atoms in total. The molecule has 0 saturated carbocycles. The largest absolute Gasteiger partial charge is 0.361 e. The van der Waals surface area contributed by atoms with Gasteiger partial charge in [0.15, 0.2) is 0 Å². The smallest absolute Gasteiger partial charge is 0.309 e. The number of aromatic nitrogens is 1. The maximum atomic E-state index is 12.0. The Morgan fingerprint density at radius 3 is 2.52 bits per heavy atom. The number of nitrogens with one attached hydrogen (secondary N) is 3. The van der Waals surface area contributed by atoms with Gasteiger partial charge in [-0.15, -0.1) is 0 Å². The standard InChI is InChI=1S/C20H21N3O2/c1-14(15-7-3-2-4-8-15)23-20(25)19(24)21-12-11-16-13-22-18-10-6-5-9-17(16)18/h2-10,13-14,22H,11-12H2,1H3,(H,21,24)(H,23,25)/t14-/m0/s1. The number of fused-ring (bicyclic) bond motifs is 1. The lowest BCUT2D eigenvalue weighted by Gasteiger charge is -2.14. The molecule has 0 radical (unpaired) electrons. The molecule has 128 valence electrons. The molecule has 2 amide bonds. The van der Waals surface area contributed by atoms with Gasteiger partial charge < -0.3 is 15.6 Å². The van der Waals surface area contributed by atoms with E-state index in [1.807, 2.05) is 67.7 Å².